The number of nitrogens with one attached hydrogen (secondary N) is 1. The molecule has 1 saturated heterocycles. The van der Waals surface area contributed by atoms with Crippen molar-refractivity contribution >= 4 is 11.6 Å². The van der Waals surface area contributed by atoms with E-state index >= 15 is 0 Å². The maximum absolute atomic E-state index is 12.4. The van der Waals surface area contributed by atoms with Crippen molar-refractivity contribution in [3.8, 4) is 11.5 Å². The van der Waals surface area contributed by atoms with Crippen LogP contribution >= 0.6 is 0 Å². The molecule has 1 aliphatic rings. The van der Waals surface area contributed by atoms with Gasteiger partial charge in [-0.05, 0) is 50.6 Å². The summed E-state index contributed by atoms with van der Waals surface area (Å²) in [6.07, 6.45) is 3.60. The molecule has 4 nitrogen and oxygen atoms in total. The number of likely N-dealkylation sites (tertiary alicyclic amines) is 1. The molecule has 0 saturated carbocycles. The fourth-order valence-corrected chi connectivity index (χ4v) is 3.04. The number of carbonyl (C=O) groups is 1. The van der Waals surface area contributed by atoms with Crippen molar-refractivity contribution in [2.75, 3.05) is 18.4 Å². The SMILES string of the molecule is CC1CCCCN1CC(=O)Nc1ccccc1Oc1ccccc1. The molecule has 2 aromatic carbocycles. The maximum Gasteiger partial charge on any atom is 0.238 e. The van der Waals surface area contributed by atoms with Crippen LogP contribution in [0.25, 0.3) is 0 Å². The van der Waals surface area contributed by atoms with Crippen LogP contribution in [0.4, 0.5) is 5.69 Å². The zero-order valence-electron chi connectivity index (χ0n) is 14.1. The molecule has 0 aliphatic carbocycles. The zero-order valence-corrected chi connectivity index (χ0v) is 14.1. The number of carbonyl (C=O) groups excluding carboxylic acids is 1. The lowest BCUT2D eigenvalue weighted by atomic mass is 10.0. The van der Waals surface area contributed by atoms with Gasteiger partial charge in [0.25, 0.3) is 0 Å². The summed E-state index contributed by atoms with van der Waals surface area (Å²) in [5.74, 6) is 1.42. The van der Waals surface area contributed by atoms with Gasteiger partial charge in [-0.25, -0.2) is 0 Å². The number of amides is 1. The van der Waals surface area contributed by atoms with E-state index in [0.717, 1.165) is 12.3 Å². The summed E-state index contributed by atoms with van der Waals surface area (Å²) >= 11 is 0. The molecule has 1 aliphatic heterocycles. The quantitative estimate of drug-likeness (QED) is 0.892. The first kappa shape index (κ1) is 16.5. The monoisotopic (exact) mass is 324 g/mol. The van der Waals surface area contributed by atoms with Crippen LogP contribution in [0, 0.1) is 0 Å². The molecule has 0 bridgehead atoms. The van der Waals surface area contributed by atoms with Crippen molar-refractivity contribution in [3.63, 3.8) is 0 Å². The Morgan fingerprint density at radius 3 is 2.67 bits per heavy atom. The molecule has 0 radical (unpaired) electrons. The molecule has 1 unspecified atom stereocenters. The number of benzene rings is 2. The minimum absolute atomic E-state index is 0.00728. The minimum Gasteiger partial charge on any atom is -0.455 e. The summed E-state index contributed by atoms with van der Waals surface area (Å²) < 4.78 is 5.89. The molecular formula is C20H24N2O2. The van der Waals surface area contributed by atoms with Gasteiger partial charge in [-0.1, -0.05) is 36.8 Å². The lowest BCUT2D eigenvalue weighted by Crippen LogP contribution is -2.42. The van der Waals surface area contributed by atoms with E-state index in [1.807, 2.05) is 54.6 Å². The highest BCUT2D eigenvalue weighted by Gasteiger charge is 2.21. The van der Waals surface area contributed by atoms with E-state index in [1.54, 1.807) is 0 Å². The predicted octanol–water partition coefficient (Wildman–Crippen LogP) is 4.29. The van der Waals surface area contributed by atoms with Gasteiger partial charge in [-0.15, -0.1) is 0 Å². The van der Waals surface area contributed by atoms with Crippen molar-refractivity contribution in [1.82, 2.24) is 4.90 Å². The van der Waals surface area contributed by atoms with Crippen LogP contribution in [0.15, 0.2) is 54.6 Å². The Morgan fingerprint density at radius 2 is 1.88 bits per heavy atom. The normalized spacial score (nSPS) is 18.1. The molecule has 126 valence electrons. The number of para-hydroxylation sites is 3. The third-order valence-corrected chi connectivity index (χ3v) is 4.42. The number of anilines is 1. The molecule has 0 spiro atoms. The Balaban J connectivity index is 1.65. The highest BCUT2D eigenvalue weighted by Crippen LogP contribution is 2.29. The molecule has 1 amide bonds. The predicted molar refractivity (Wildman–Crippen MR) is 96.5 cm³/mol. The van der Waals surface area contributed by atoms with Crippen LogP contribution in [0.1, 0.15) is 26.2 Å². The van der Waals surface area contributed by atoms with Crippen molar-refractivity contribution in [2.45, 2.75) is 32.2 Å². The molecule has 1 heterocycles. The van der Waals surface area contributed by atoms with E-state index in [2.05, 4.69) is 17.1 Å². The van der Waals surface area contributed by atoms with Crippen LogP contribution in [-0.4, -0.2) is 29.9 Å². The van der Waals surface area contributed by atoms with Crippen LogP contribution in [0.5, 0.6) is 11.5 Å². The van der Waals surface area contributed by atoms with Gasteiger partial charge in [-0.2, -0.15) is 0 Å². The fourth-order valence-electron chi connectivity index (χ4n) is 3.04. The summed E-state index contributed by atoms with van der Waals surface area (Å²) in [6, 6.07) is 17.6. The van der Waals surface area contributed by atoms with Crippen LogP contribution < -0.4 is 10.1 Å². The first-order valence-electron chi connectivity index (χ1n) is 8.58. The Labute approximate surface area is 143 Å². The molecule has 1 N–H and O–H groups in total. The van der Waals surface area contributed by atoms with Gasteiger partial charge < -0.3 is 10.1 Å². The lowest BCUT2D eigenvalue weighted by molar-refractivity contribution is -0.118. The summed E-state index contributed by atoms with van der Waals surface area (Å²) in [4.78, 5) is 14.7. The summed E-state index contributed by atoms with van der Waals surface area (Å²) in [5.41, 5.74) is 0.705. The number of hydrogen-bond acceptors (Lipinski definition) is 3. The summed E-state index contributed by atoms with van der Waals surface area (Å²) in [7, 11) is 0. The molecule has 0 aromatic heterocycles. The van der Waals surface area contributed by atoms with Crippen LogP contribution in [-0.2, 0) is 4.79 Å². The highest BCUT2D eigenvalue weighted by atomic mass is 16.5. The topological polar surface area (TPSA) is 41.6 Å². The van der Waals surface area contributed by atoms with Gasteiger partial charge in [-0.3, -0.25) is 9.69 Å². The summed E-state index contributed by atoms with van der Waals surface area (Å²) in [6.45, 7) is 3.62. The largest absolute Gasteiger partial charge is 0.455 e. The second kappa shape index (κ2) is 7.97. The average Bonchev–Trinajstić information content (AvgIpc) is 2.60. The van der Waals surface area contributed by atoms with E-state index < -0.39 is 0 Å². The third kappa shape index (κ3) is 4.36. The fraction of sp³-hybridized carbons (Fsp3) is 0.350. The number of hydrogen-bond donors (Lipinski definition) is 1. The Bertz CT molecular complexity index is 672. The highest BCUT2D eigenvalue weighted by molar-refractivity contribution is 5.93. The van der Waals surface area contributed by atoms with Gasteiger partial charge in [0.1, 0.15) is 5.75 Å². The second-order valence-corrected chi connectivity index (χ2v) is 6.27. The van der Waals surface area contributed by atoms with Crippen molar-refractivity contribution in [1.29, 1.82) is 0 Å². The average molecular weight is 324 g/mol. The van der Waals surface area contributed by atoms with E-state index in [0.29, 0.717) is 24.0 Å². The summed E-state index contributed by atoms with van der Waals surface area (Å²) in [5, 5.41) is 2.99. The van der Waals surface area contributed by atoms with Gasteiger partial charge >= 0.3 is 0 Å². The smallest absolute Gasteiger partial charge is 0.238 e. The molecule has 1 atom stereocenters. The molecular weight excluding hydrogens is 300 g/mol. The lowest BCUT2D eigenvalue weighted by Gasteiger charge is -2.32. The maximum atomic E-state index is 12.4. The van der Waals surface area contributed by atoms with Crippen LogP contribution in [0.3, 0.4) is 0 Å². The van der Waals surface area contributed by atoms with Crippen molar-refractivity contribution in [2.24, 2.45) is 0 Å². The Morgan fingerprint density at radius 1 is 1.12 bits per heavy atom. The minimum atomic E-state index is 0.00728. The number of nitrogens with zero attached hydrogens (tertiary/aromatic N) is 1. The van der Waals surface area contributed by atoms with Crippen LogP contribution in [0.2, 0.25) is 0 Å². The van der Waals surface area contributed by atoms with Gasteiger partial charge in [0.2, 0.25) is 5.91 Å². The van der Waals surface area contributed by atoms with Crippen molar-refractivity contribution in [3.05, 3.63) is 54.6 Å². The standard InChI is InChI=1S/C20H24N2O2/c1-16-9-7-8-14-22(16)15-20(23)21-18-12-5-6-13-19(18)24-17-10-3-2-4-11-17/h2-6,10-13,16H,7-9,14-15H2,1H3,(H,21,23). The first-order valence-corrected chi connectivity index (χ1v) is 8.58. The molecule has 24 heavy (non-hydrogen) atoms. The van der Waals surface area contributed by atoms with Gasteiger partial charge in [0.05, 0.1) is 12.2 Å². The van der Waals surface area contributed by atoms with Gasteiger partial charge in [0.15, 0.2) is 5.75 Å². The number of ether oxygens (including phenoxy) is 1. The van der Waals surface area contributed by atoms with E-state index in [9.17, 15) is 4.79 Å². The van der Waals surface area contributed by atoms with E-state index in [1.165, 1.54) is 19.3 Å². The van der Waals surface area contributed by atoms with E-state index in [4.69, 9.17) is 4.74 Å². The molecule has 3 rings (SSSR count). The Hall–Kier alpha value is -2.33. The molecule has 1 fully saturated rings. The van der Waals surface area contributed by atoms with E-state index in [-0.39, 0.29) is 5.91 Å². The molecule has 4 heteroatoms. The first-order chi connectivity index (χ1) is 11.7. The number of rotatable bonds is 5. The zero-order chi connectivity index (χ0) is 16.8. The second-order valence-electron chi connectivity index (χ2n) is 6.27. The number of piperidine rings is 1. The Kier molecular flexibility index (Phi) is 5.49. The van der Waals surface area contributed by atoms with Gasteiger partial charge in [0, 0.05) is 6.04 Å². The third-order valence-electron chi connectivity index (χ3n) is 4.42. The molecule has 2 aromatic rings. The van der Waals surface area contributed by atoms with Crippen molar-refractivity contribution < 1.29 is 9.53 Å².